The molecule has 106 valence electrons. The van der Waals surface area contributed by atoms with Crippen molar-refractivity contribution < 1.29 is 0 Å². The molecule has 1 aliphatic carbocycles. The third-order valence-corrected chi connectivity index (χ3v) is 5.82. The summed E-state index contributed by atoms with van der Waals surface area (Å²) in [6.07, 6.45) is 8.36. The molecule has 0 radical (unpaired) electrons. The largest absolute Gasteiger partial charge is 0.289 e. The fraction of sp³-hybridized carbons (Fsp3) is 0.500. The van der Waals surface area contributed by atoms with E-state index in [2.05, 4.69) is 32.6 Å². The number of halogens is 1. The van der Waals surface area contributed by atoms with Crippen LogP contribution in [0.3, 0.4) is 0 Å². The molecule has 0 spiro atoms. The monoisotopic (exact) mass is 401 g/mol. The highest BCUT2D eigenvalue weighted by Crippen LogP contribution is 2.32. The number of hydrogen-bond acceptors (Lipinski definition) is 4. The van der Waals surface area contributed by atoms with Crippen molar-refractivity contribution >= 4 is 45.4 Å². The van der Waals surface area contributed by atoms with Crippen molar-refractivity contribution in [3.05, 3.63) is 25.7 Å². The Hall–Kier alpha value is -0.630. The maximum atomic E-state index is 12.7. The van der Waals surface area contributed by atoms with Crippen LogP contribution in [0.25, 0.3) is 11.0 Å². The molecule has 20 heavy (non-hydrogen) atoms. The summed E-state index contributed by atoms with van der Waals surface area (Å²) in [7, 11) is 0. The highest BCUT2D eigenvalue weighted by molar-refractivity contribution is 14.1. The van der Waals surface area contributed by atoms with Gasteiger partial charge in [-0.1, -0.05) is 24.6 Å². The van der Waals surface area contributed by atoms with Crippen molar-refractivity contribution in [1.29, 1.82) is 0 Å². The molecule has 1 aliphatic rings. The normalized spacial score (nSPS) is 16.1. The van der Waals surface area contributed by atoms with Crippen molar-refractivity contribution in [2.75, 3.05) is 6.26 Å². The number of aromatic nitrogens is 3. The number of nitrogens with zero attached hydrogens (tertiary/aromatic N) is 3. The molecule has 0 saturated heterocycles. The molecule has 0 atom stereocenters. The minimum absolute atomic E-state index is 0.105. The molecule has 0 amide bonds. The van der Waals surface area contributed by atoms with Gasteiger partial charge in [0.05, 0.1) is 3.57 Å². The average molecular weight is 401 g/mol. The summed E-state index contributed by atoms with van der Waals surface area (Å²) in [6.45, 7) is 1.98. The van der Waals surface area contributed by atoms with Crippen molar-refractivity contribution in [2.45, 2.75) is 43.8 Å². The average Bonchev–Trinajstić information content (AvgIpc) is 2.98. The quantitative estimate of drug-likeness (QED) is 0.439. The van der Waals surface area contributed by atoms with Gasteiger partial charge >= 0.3 is 0 Å². The Labute approximate surface area is 135 Å². The first kappa shape index (κ1) is 14.3. The number of fused-ring (bicyclic) bond motifs is 1. The number of aryl methyl sites for hydroxylation is 1. The highest BCUT2D eigenvalue weighted by atomic mass is 127. The van der Waals surface area contributed by atoms with Crippen LogP contribution in [0.2, 0.25) is 0 Å². The van der Waals surface area contributed by atoms with Crippen molar-refractivity contribution in [1.82, 2.24) is 14.5 Å². The molecule has 2 aromatic heterocycles. The Bertz CT molecular complexity index is 722. The van der Waals surface area contributed by atoms with Crippen molar-refractivity contribution in [2.24, 2.45) is 0 Å². The Morgan fingerprint density at radius 2 is 2.10 bits per heavy atom. The molecule has 2 aromatic rings. The topological polar surface area (TPSA) is 47.8 Å². The second-order valence-electron chi connectivity index (χ2n) is 5.15. The fourth-order valence-corrected chi connectivity index (χ4v) is 3.77. The zero-order valence-electron chi connectivity index (χ0n) is 11.5. The van der Waals surface area contributed by atoms with E-state index >= 15 is 0 Å². The van der Waals surface area contributed by atoms with Gasteiger partial charge < -0.3 is 0 Å². The van der Waals surface area contributed by atoms with Crippen molar-refractivity contribution in [3.63, 3.8) is 0 Å². The smallest absolute Gasteiger partial charge is 0.266 e. The maximum absolute atomic E-state index is 12.7. The summed E-state index contributed by atoms with van der Waals surface area (Å²) >= 11 is 3.66. The maximum Gasteiger partial charge on any atom is 0.266 e. The number of hydrogen-bond donors (Lipinski definition) is 0. The van der Waals surface area contributed by atoms with Crippen LogP contribution in [0.1, 0.15) is 37.3 Å². The lowest BCUT2D eigenvalue weighted by Crippen LogP contribution is -2.27. The number of pyridine rings is 1. The molecule has 0 bridgehead atoms. The Balaban J connectivity index is 2.37. The van der Waals surface area contributed by atoms with Gasteiger partial charge in [-0.25, -0.2) is 9.97 Å². The highest BCUT2D eigenvalue weighted by Gasteiger charge is 2.23. The molecular formula is C14H16IN3OS. The van der Waals surface area contributed by atoms with E-state index in [1.165, 1.54) is 24.6 Å². The Kier molecular flexibility index (Phi) is 4.03. The summed E-state index contributed by atoms with van der Waals surface area (Å²) in [4.78, 5) is 21.6. The van der Waals surface area contributed by atoms with Gasteiger partial charge in [-0.15, -0.1) is 0 Å². The van der Waals surface area contributed by atoms with E-state index in [1.807, 2.05) is 23.9 Å². The summed E-state index contributed by atoms with van der Waals surface area (Å²) in [5, 5.41) is 1.72. The van der Waals surface area contributed by atoms with E-state index in [0.29, 0.717) is 6.04 Å². The van der Waals surface area contributed by atoms with Crippen LogP contribution in [-0.2, 0) is 0 Å². The van der Waals surface area contributed by atoms with Crippen LogP contribution in [0.4, 0.5) is 0 Å². The summed E-state index contributed by atoms with van der Waals surface area (Å²) in [5.74, 6) is 0. The SMILES string of the molecule is CSc1ncc2c(C)c(I)c(=O)n(C3CCCC3)c2n1. The van der Waals surface area contributed by atoms with Gasteiger partial charge in [0.2, 0.25) is 0 Å². The number of rotatable bonds is 2. The van der Waals surface area contributed by atoms with Crippen LogP contribution in [0.5, 0.6) is 0 Å². The Morgan fingerprint density at radius 3 is 2.75 bits per heavy atom. The molecule has 3 rings (SSSR count). The van der Waals surface area contributed by atoms with E-state index in [9.17, 15) is 4.79 Å². The number of thioether (sulfide) groups is 1. The second-order valence-corrected chi connectivity index (χ2v) is 7.00. The summed E-state index contributed by atoms with van der Waals surface area (Å²) in [5.41, 5.74) is 1.90. The predicted molar refractivity (Wildman–Crippen MR) is 90.5 cm³/mol. The second kappa shape index (κ2) is 5.63. The van der Waals surface area contributed by atoms with Gasteiger partial charge in [0.25, 0.3) is 5.56 Å². The molecule has 1 saturated carbocycles. The summed E-state index contributed by atoms with van der Waals surface area (Å²) in [6, 6.07) is 0.295. The molecule has 1 fully saturated rings. The first-order valence-electron chi connectivity index (χ1n) is 6.75. The van der Waals surface area contributed by atoms with Crippen LogP contribution in [-0.4, -0.2) is 20.8 Å². The molecular weight excluding hydrogens is 385 g/mol. The van der Waals surface area contributed by atoms with Gasteiger partial charge in [0.15, 0.2) is 5.16 Å². The van der Waals surface area contributed by atoms with E-state index in [0.717, 1.165) is 38.2 Å². The van der Waals surface area contributed by atoms with Crippen molar-refractivity contribution in [3.8, 4) is 0 Å². The van der Waals surface area contributed by atoms with Crippen LogP contribution in [0, 0.1) is 10.5 Å². The fourth-order valence-electron chi connectivity index (χ4n) is 2.89. The van der Waals surface area contributed by atoms with Gasteiger partial charge in [-0.2, -0.15) is 0 Å². The zero-order chi connectivity index (χ0) is 14.3. The lowest BCUT2D eigenvalue weighted by atomic mass is 10.1. The lowest BCUT2D eigenvalue weighted by Gasteiger charge is -2.18. The standard InChI is InChI=1S/C14H16IN3OS/c1-8-10-7-16-14(20-2)17-12(10)18(13(19)11(8)15)9-5-3-4-6-9/h7,9H,3-6H2,1-2H3. The van der Waals surface area contributed by atoms with Gasteiger partial charge in [0.1, 0.15) is 5.65 Å². The molecule has 2 heterocycles. The van der Waals surface area contributed by atoms with E-state index in [4.69, 9.17) is 0 Å². The van der Waals surface area contributed by atoms with Crippen LogP contribution in [0.15, 0.2) is 16.1 Å². The third-order valence-electron chi connectivity index (χ3n) is 3.99. The third kappa shape index (κ3) is 2.26. The predicted octanol–water partition coefficient (Wildman–Crippen LogP) is 3.54. The Morgan fingerprint density at radius 1 is 1.40 bits per heavy atom. The van der Waals surface area contributed by atoms with E-state index < -0.39 is 0 Å². The minimum atomic E-state index is 0.105. The lowest BCUT2D eigenvalue weighted by molar-refractivity contribution is 0.512. The van der Waals surface area contributed by atoms with E-state index in [-0.39, 0.29) is 5.56 Å². The molecule has 0 aromatic carbocycles. The van der Waals surface area contributed by atoms with E-state index in [1.54, 1.807) is 0 Å². The molecule has 0 unspecified atom stereocenters. The zero-order valence-corrected chi connectivity index (χ0v) is 14.5. The first-order chi connectivity index (χ1) is 9.63. The van der Waals surface area contributed by atoms with Crippen LogP contribution < -0.4 is 5.56 Å². The van der Waals surface area contributed by atoms with Gasteiger partial charge in [-0.3, -0.25) is 9.36 Å². The van der Waals surface area contributed by atoms with Gasteiger partial charge in [0, 0.05) is 17.6 Å². The van der Waals surface area contributed by atoms with Gasteiger partial charge in [-0.05, 0) is 54.2 Å². The molecule has 4 nitrogen and oxygen atoms in total. The minimum Gasteiger partial charge on any atom is -0.289 e. The molecule has 0 aliphatic heterocycles. The molecule has 0 N–H and O–H groups in total. The van der Waals surface area contributed by atoms with Crippen LogP contribution >= 0.6 is 34.4 Å². The molecule has 6 heteroatoms. The summed E-state index contributed by atoms with van der Waals surface area (Å²) < 4.78 is 2.71. The first-order valence-corrected chi connectivity index (χ1v) is 9.05.